The van der Waals surface area contributed by atoms with Gasteiger partial charge in [0.2, 0.25) is 0 Å². The Balaban J connectivity index is 1.62. The molecule has 4 aromatic rings. The van der Waals surface area contributed by atoms with Gasteiger partial charge in [0.05, 0.1) is 0 Å². The molecule has 0 amide bonds. The van der Waals surface area contributed by atoms with Crippen LogP contribution in [0, 0.1) is 6.92 Å². The number of aromatic amines is 1. The number of rotatable bonds is 5. The van der Waals surface area contributed by atoms with E-state index in [-0.39, 0.29) is 0 Å². The Morgan fingerprint density at radius 1 is 1.00 bits per heavy atom. The van der Waals surface area contributed by atoms with Gasteiger partial charge in [-0.05, 0) is 38.2 Å². The molecule has 1 aliphatic rings. The number of H-pyrrole nitrogens is 1. The first-order chi connectivity index (χ1) is 15.1. The van der Waals surface area contributed by atoms with Gasteiger partial charge >= 0.3 is 7.12 Å². The van der Waals surface area contributed by atoms with Gasteiger partial charge in [-0.15, -0.1) is 0 Å². The molecular formula is C24H25BN4O2. The number of nitrogens with one attached hydrogen (secondary N) is 2. The van der Waals surface area contributed by atoms with E-state index in [9.17, 15) is 10.0 Å². The van der Waals surface area contributed by atoms with Crippen LogP contribution in [-0.4, -0.2) is 32.1 Å². The van der Waals surface area contributed by atoms with Crippen LogP contribution in [0.25, 0.3) is 22.3 Å². The highest BCUT2D eigenvalue weighted by atomic mass is 16.4. The van der Waals surface area contributed by atoms with Crippen LogP contribution in [0.15, 0.2) is 48.5 Å². The van der Waals surface area contributed by atoms with Crippen molar-refractivity contribution < 1.29 is 10.0 Å². The second-order valence-corrected chi connectivity index (χ2v) is 8.14. The Kier molecular flexibility index (Phi) is 5.22. The minimum absolute atomic E-state index is 0.451. The first kappa shape index (κ1) is 19.8. The standard InChI is InChI=1S/C24H25BN4O2/c1-15-21(18-11-7-12-19(25(30)31)22(18)27-15)24-28-20-13-6-5-10-17(20)23(29-24)26-14-16-8-3-2-4-9-16/h2-4,7-9,11-12,27,30-31H,5-6,10,13-14H2,1H3,(H,26,28,29). The number of fused-ring (bicyclic) bond motifs is 2. The topological polar surface area (TPSA) is 94.1 Å². The first-order valence-corrected chi connectivity index (χ1v) is 10.8. The van der Waals surface area contributed by atoms with Crippen LogP contribution >= 0.6 is 0 Å². The lowest BCUT2D eigenvalue weighted by Crippen LogP contribution is -2.30. The summed E-state index contributed by atoms with van der Waals surface area (Å²) >= 11 is 0. The van der Waals surface area contributed by atoms with Gasteiger partial charge < -0.3 is 20.3 Å². The summed E-state index contributed by atoms with van der Waals surface area (Å²) in [6.07, 6.45) is 4.22. The summed E-state index contributed by atoms with van der Waals surface area (Å²) in [6, 6.07) is 15.8. The van der Waals surface area contributed by atoms with Crippen LogP contribution < -0.4 is 10.8 Å². The van der Waals surface area contributed by atoms with Gasteiger partial charge in [-0.2, -0.15) is 0 Å². The minimum atomic E-state index is -1.54. The van der Waals surface area contributed by atoms with Crippen molar-refractivity contribution in [2.75, 3.05) is 5.32 Å². The molecule has 0 aliphatic heterocycles. The summed E-state index contributed by atoms with van der Waals surface area (Å²) in [6.45, 7) is 2.68. The van der Waals surface area contributed by atoms with Crippen molar-refractivity contribution in [1.29, 1.82) is 0 Å². The van der Waals surface area contributed by atoms with Crippen LogP contribution in [0.5, 0.6) is 0 Å². The Morgan fingerprint density at radius 2 is 1.81 bits per heavy atom. The number of aryl methyl sites for hydroxylation is 2. The molecule has 2 aromatic carbocycles. The maximum atomic E-state index is 9.77. The number of hydrogen-bond acceptors (Lipinski definition) is 5. The van der Waals surface area contributed by atoms with E-state index in [4.69, 9.17) is 9.97 Å². The normalized spacial score (nSPS) is 13.3. The highest BCUT2D eigenvalue weighted by Gasteiger charge is 2.23. The maximum Gasteiger partial charge on any atom is 0.490 e. The number of hydrogen-bond donors (Lipinski definition) is 4. The van der Waals surface area contributed by atoms with E-state index in [1.807, 2.05) is 37.3 Å². The lowest BCUT2D eigenvalue weighted by Gasteiger charge is -2.20. The summed E-state index contributed by atoms with van der Waals surface area (Å²) in [5.74, 6) is 1.57. The summed E-state index contributed by atoms with van der Waals surface area (Å²) in [4.78, 5) is 13.2. The zero-order chi connectivity index (χ0) is 21.4. The zero-order valence-corrected chi connectivity index (χ0v) is 17.5. The molecule has 7 heteroatoms. The monoisotopic (exact) mass is 412 g/mol. The van der Waals surface area contributed by atoms with E-state index >= 15 is 0 Å². The quantitative estimate of drug-likeness (QED) is 0.378. The van der Waals surface area contributed by atoms with Crippen molar-refractivity contribution >= 4 is 29.3 Å². The fourth-order valence-corrected chi connectivity index (χ4v) is 4.51. The molecule has 5 rings (SSSR count). The van der Waals surface area contributed by atoms with Crippen molar-refractivity contribution in [2.45, 2.75) is 39.2 Å². The van der Waals surface area contributed by atoms with Crippen molar-refractivity contribution in [2.24, 2.45) is 0 Å². The SMILES string of the molecule is Cc1[nH]c2c(B(O)O)cccc2c1-c1nc2c(c(NCc3ccccc3)n1)CCCC2. The smallest absolute Gasteiger partial charge is 0.423 e. The largest absolute Gasteiger partial charge is 0.490 e. The molecule has 2 heterocycles. The van der Waals surface area contributed by atoms with Gasteiger partial charge in [0.15, 0.2) is 5.82 Å². The Morgan fingerprint density at radius 3 is 2.61 bits per heavy atom. The highest BCUT2D eigenvalue weighted by molar-refractivity contribution is 6.61. The molecule has 0 unspecified atom stereocenters. The van der Waals surface area contributed by atoms with Crippen LogP contribution in [0.4, 0.5) is 5.82 Å². The lowest BCUT2D eigenvalue weighted by atomic mass is 9.79. The molecular weight excluding hydrogens is 387 g/mol. The van der Waals surface area contributed by atoms with E-state index in [0.29, 0.717) is 23.3 Å². The molecule has 156 valence electrons. The van der Waals surface area contributed by atoms with Gasteiger partial charge in [-0.1, -0.05) is 48.5 Å². The Labute approximate surface area is 181 Å². The van der Waals surface area contributed by atoms with E-state index in [1.54, 1.807) is 6.07 Å². The third kappa shape index (κ3) is 3.71. The molecule has 6 nitrogen and oxygen atoms in total. The average Bonchev–Trinajstić information content (AvgIpc) is 3.13. The predicted molar refractivity (Wildman–Crippen MR) is 124 cm³/mol. The van der Waals surface area contributed by atoms with Gasteiger partial charge in [-0.3, -0.25) is 0 Å². The molecule has 0 bridgehead atoms. The Bertz CT molecular complexity index is 1240. The third-order valence-electron chi connectivity index (χ3n) is 6.04. The molecule has 2 aromatic heterocycles. The summed E-state index contributed by atoms with van der Waals surface area (Å²) in [5, 5.41) is 24.0. The highest BCUT2D eigenvalue weighted by Crippen LogP contribution is 2.33. The van der Waals surface area contributed by atoms with Gasteiger partial charge in [-0.25, -0.2) is 9.97 Å². The van der Waals surface area contributed by atoms with E-state index in [2.05, 4.69) is 22.4 Å². The van der Waals surface area contributed by atoms with Gasteiger partial charge in [0.1, 0.15) is 5.82 Å². The minimum Gasteiger partial charge on any atom is -0.423 e. The number of benzene rings is 2. The summed E-state index contributed by atoms with van der Waals surface area (Å²) in [7, 11) is -1.54. The summed E-state index contributed by atoms with van der Waals surface area (Å²) in [5.41, 5.74) is 6.52. The van der Waals surface area contributed by atoms with Crippen molar-refractivity contribution in [1.82, 2.24) is 15.0 Å². The van der Waals surface area contributed by atoms with Crippen LogP contribution in [0.2, 0.25) is 0 Å². The lowest BCUT2D eigenvalue weighted by molar-refractivity contribution is 0.426. The molecule has 0 saturated heterocycles. The number of aromatic nitrogens is 3. The molecule has 0 atom stereocenters. The van der Waals surface area contributed by atoms with E-state index in [1.165, 1.54) is 11.1 Å². The molecule has 4 N–H and O–H groups in total. The predicted octanol–water partition coefficient (Wildman–Crippen LogP) is 3.10. The molecule has 31 heavy (non-hydrogen) atoms. The van der Waals surface area contributed by atoms with Crippen LogP contribution in [-0.2, 0) is 19.4 Å². The molecule has 1 aliphatic carbocycles. The number of anilines is 1. The molecule has 0 spiro atoms. The molecule has 0 saturated carbocycles. The average molecular weight is 412 g/mol. The second-order valence-electron chi connectivity index (χ2n) is 8.14. The van der Waals surface area contributed by atoms with Crippen molar-refractivity contribution in [3.63, 3.8) is 0 Å². The van der Waals surface area contributed by atoms with E-state index < -0.39 is 7.12 Å². The van der Waals surface area contributed by atoms with Crippen molar-refractivity contribution in [3.8, 4) is 11.4 Å². The van der Waals surface area contributed by atoms with Crippen LogP contribution in [0.3, 0.4) is 0 Å². The maximum absolute atomic E-state index is 9.77. The Hall–Kier alpha value is -3.16. The molecule has 0 radical (unpaired) electrons. The third-order valence-corrected chi connectivity index (χ3v) is 6.04. The van der Waals surface area contributed by atoms with Gasteiger partial charge in [0, 0.05) is 45.4 Å². The number of para-hydroxylation sites is 1. The fraction of sp³-hybridized carbons (Fsp3) is 0.250. The molecule has 0 fully saturated rings. The second kappa shape index (κ2) is 8.17. The van der Waals surface area contributed by atoms with E-state index in [0.717, 1.165) is 53.8 Å². The zero-order valence-electron chi connectivity index (χ0n) is 17.5. The number of nitrogens with zero attached hydrogens (tertiary/aromatic N) is 2. The van der Waals surface area contributed by atoms with Crippen molar-refractivity contribution in [3.05, 3.63) is 71.0 Å². The first-order valence-electron chi connectivity index (χ1n) is 10.8. The fourth-order valence-electron chi connectivity index (χ4n) is 4.51. The van der Waals surface area contributed by atoms with Gasteiger partial charge in [0.25, 0.3) is 0 Å². The van der Waals surface area contributed by atoms with Crippen LogP contribution in [0.1, 0.15) is 35.4 Å². The summed E-state index contributed by atoms with van der Waals surface area (Å²) < 4.78 is 0.